The van der Waals surface area contributed by atoms with Gasteiger partial charge in [0.1, 0.15) is 0 Å². The second kappa shape index (κ2) is 14.0. The Labute approximate surface area is 161 Å². The summed E-state index contributed by atoms with van der Waals surface area (Å²) >= 11 is 0. The minimum Gasteiger partial charge on any atom is -0.0840 e. The molecule has 0 atom stereocenters. The van der Waals surface area contributed by atoms with E-state index in [-0.39, 0.29) is 0 Å². The fraction of sp³-hybridized carbons (Fsp3) is 0.385. The zero-order valence-corrected chi connectivity index (χ0v) is 17.0. The average molecular weight is 347 g/mol. The Hall–Kier alpha value is -2.26. The molecule has 0 aliphatic heterocycles. The Balaban J connectivity index is 0.000000791. The summed E-state index contributed by atoms with van der Waals surface area (Å²) in [6, 6.07) is 8.70. The summed E-state index contributed by atoms with van der Waals surface area (Å²) in [5.74, 6) is 6.50. The second-order valence-corrected chi connectivity index (χ2v) is 5.84. The SMILES string of the molecule is C(#Cc1ccc(CCC2=CCCC=C2)cc1)C1=CCCC=C1.CC.CC. The summed E-state index contributed by atoms with van der Waals surface area (Å²) in [7, 11) is 0. The molecule has 0 radical (unpaired) electrons. The van der Waals surface area contributed by atoms with Crippen molar-refractivity contribution in [1.29, 1.82) is 0 Å². The highest BCUT2D eigenvalue weighted by Gasteiger charge is 1.99. The highest BCUT2D eigenvalue weighted by molar-refractivity contribution is 5.46. The van der Waals surface area contributed by atoms with Crippen molar-refractivity contribution in [3.8, 4) is 11.8 Å². The van der Waals surface area contributed by atoms with Gasteiger partial charge in [-0.25, -0.2) is 0 Å². The van der Waals surface area contributed by atoms with Crippen LogP contribution in [0.5, 0.6) is 0 Å². The number of rotatable bonds is 3. The normalized spacial score (nSPS) is 14.5. The average Bonchev–Trinajstić information content (AvgIpc) is 2.76. The van der Waals surface area contributed by atoms with Crippen LogP contribution < -0.4 is 0 Å². The van der Waals surface area contributed by atoms with Gasteiger partial charge in [0.05, 0.1) is 0 Å². The predicted octanol–water partition coefficient (Wildman–Crippen LogP) is 7.58. The molecule has 0 saturated heterocycles. The Bertz CT molecular complexity index is 682. The number of allylic oxidation sites excluding steroid dienone is 8. The van der Waals surface area contributed by atoms with Crippen LogP contribution in [0.25, 0.3) is 0 Å². The monoisotopic (exact) mass is 346 g/mol. The smallest absolute Gasteiger partial charge is 0.0249 e. The van der Waals surface area contributed by atoms with Gasteiger partial charge in [0.25, 0.3) is 0 Å². The molecule has 0 amide bonds. The summed E-state index contributed by atoms with van der Waals surface area (Å²) in [6.07, 6.45) is 20.4. The molecule has 26 heavy (non-hydrogen) atoms. The number of hydrogen-bond donors (Lipinski definition) is 0. The summed E-state index contributed by atoms with van der Waals surface area (Å²) in [5.41, 5.74) is 5.11. The van der Waals surface area contributed by atoms with Crippen LogP contribution >= 0.6 is 0 Å². The lowest BCUT2D eigenvalue weighted by molar-refractivity contribution is 0.920. The van der Waals surface area contributed by atoms with Crippen molar-refractivity contribution in [2.45, 2.75) is 66.2 Å². The minimum atomic E-state index is 1.10. The zero-order chi connectivity index (χ0) is 19.0. The molecule has 0 spiro atoms. The molecule has 0 aromatic heterocycles. The van der Waals surface area contributed by atoms with Crippen LogP contribution in [0, 0.1) is 11.8 Å². The Morgan fingerprint density at radius 1 is 0.692 bits per heavy atom. The summed E-state index contributed by atoms with van der Waals surface area (Å²) in [5, 5.41) is 0. The van der Waals surface area contributed by atoms with E-state index in [1.165, 1.54) is 24.0 Å². The highest BCUT2D eigenvalue weighted by atomic mass is 14.0. The molecule has 1 aromatic rings. The Morgan fingerprint density at radius 3 is 1.92 bits per heavy atom. The second-order valence-electron chi connectivity index (χ2n) is 5.84. The summed E-state index contributed by atoms with van der Waals surface area (Å²) in [4.78, 5) is 0. The van der Waals surface area contributed by atoms with E-state index in [1.807, 2.05) is 27.7 Å². The minimum absolute atomic E-state index is 1.10. The molecule has 0 fully saturated rings. The van der Waals surface area contributed by atoms with Crippen LogP contribution in [0.4, 0.5) is 0 Å². The molecule has 2 aliphatic rings. The molecule has 0 unspecified atom stereocenters. The lowest BCUT2D eigenvalue weighted by Gasteiger charge is -2.07. The van der Waals surface area contributed by atoms with Gasteiger partial charge >= 0.3 is 0 Å². The van der Waals surface area contributed by atoms with Crippen LogP contribution in [0.3, 0.4) is 0 Å². The van der Waals surface area contributed by atoms with Crippen LogP contribution in [0.15, 0.2) is 71.9 Å². The molecule has 1 aromatic carbocycles. The molecule has 0 nitrogen and oxygen atoms in total. The third-order valence-corrected chi connectivity index (χ3v) is 4.07. The maximum Gasteiger partial charge on any atom is 0.0249 e. The van der Waals surface area contributed by atoms with Gasteiger partial charge in [0.15, 0.2) is 0 Å². The van der Waals surface area contributed by atoms with Crippen LogP contribution in [-0.2, 0) is 6.42 Å². The Morgan fingerprint density at radius 2 is 1.35 bits per heavy atom. The van der Waals surface area contributed by atoms with Gasteiger partial charge in [-0.05, 0) is 56.2 Å². The van der Waals surface area contributed by atoms with E-state index in [0.717, 1.165) is 36.8 Å². The van der Waals surface area contributed by atoms with Gasteiger partial charge in [-0.3, -0.25) is 0 Å². The third-order valence-electron chi connectivity index (χ3n) is 4.07. The van der Waals surface area contributed by atoms with Gasteiger partial charge in [0, 0.05) is 11.1 Å². The number of aryl methyl sites for hydroxylation is 1. The van der Waals surface area contributed by atoms with Gasteiger partial charge in [-0.1, -0.05) is 93.7 Å². The van der Waals surface area contributed by atoms with Gasteiger partial charge < -0.3 is 0 Å². The third kappa shape index (κ3) is 8.21. The predicted molar refractivity (Wildman–Crippen MR) is 117 cm³/mol. The fourth-order valence-electron chi connectivity index (χ4n) is 2.75. The lowest BCUT2D eigenvalue weighted by Crippen LogP contribution is -1.90. The maximum atomic E-state index is 3.25. The van der Waals surface area contributed by atoms with Crippen molar-refractivity contribution in [1.82, 2.24) is 0 Å². The molecular weight excluding hydrogens is 312 g/mol. The first-order valence-electron chi connectivity index (χ1n) is 10.2. The lowest BCUT2D eigenvalue weighted by atomic mass is 9.99. The topological polar surface area (TPSA) is 0 Å². The molecule has 0 saturated carbocycles. The van der Waals surface area contributed by atoms with Crippen LogP contribution in [0.2, 0.25) is 0 Å². The summed E-state index contributed by atoms with van der Waals surface area (Å²) < 4.78 is 0. The maximum absolute atomic E-state index is 3.25. The standard InChI is InChI=1S/C22H22.2C2H6/c1-3-7-19(8-4-1)11-13-21-15-17-22(18-16-21)14-12-20-9-5-2-6-10-20;2*1-2/h3,5,7-10,15-18H,1-2,4,6,11,13H2;2*1-2H3. The number of benzene rings is 1. The Kier molecular flexibility index (Phi) is 11.7. The van der Waals surface area contributed by atoms with Crippen LogP contribution in [-0.4, -0.2) is 0 Å². The molecular formula is C26H34. The van der Waals surface area contributed by atoms with E-state index in [2.05, 4.69) is 72.6 Å². The largest absolute Gasteiger partial charge is 0.0840 e. The van der Waals surface area contributed by atoms with Crippen molar-refractivity contribution in [2.24, 2.45) is 0 Å². The zero-order valence-electron chi connectivity index (χ0n) is 17.0. The first-order valence-corrected chi connectivity index (χ1v) is 10.2. The van der Waals surface area contributed by atoms with Crippen molar-refractivity contribution in [3.63, 3.8) is 0 Å². The molecule has 3 rings (SSSR count). The van der Waals surface area contributed by atoms with E-state index in [9.17, 15) is 0 Å². The van der Waals surface area contributed by atoms with Gasteiger partial charge in [-0.2, -0.15) is 0 Å². The molecule has 0 bridgehead atoms. The molecule has 2 aliphatic carbocycles. The first kappa shape index (κ1) is 21.8. The van der Waals surface area contributed by atoms with E-state index in [4.69, 9.17) is 0 Å². The van der Waals surface area contributed by atoms with Crippen molar-refractivity contribution >= 4 is 0 Å². The van der Waals surface area contributed by atoms with E-state index >= 15 is 0 Å². The van der Waals surface area contributed by atoms with Crippen molar-refractivity contribution in [2.75, 3.05) is 0 Å². The van der Waals surface area contributed by atoms with E-state index in [1.54, 1.807) is 0 Å². The molecule has 0 heterocycles. The highest BCUT2D eigenvalue weighted by Crippen LogP contribution is 2.16. The van der Waals surface area contributed by atoms with E-state index in [0.29, 0.717) is 0 Å². The molecule has 138 valence electrons. The van der Waals surface area contributed by atoms with E-state index < -0.39 is 0 Å². The van der Waals surface area contributed by atoms with Crippen LogP contribution in [0.1, 0.15) is 70.9 Å². The fourth-order valence-corrected chi connectivity index (χ4v) is 2.75. The van der Waals surface area contributed by atoms with Gasteiger partial charge in [0.2, 0.25) is 0 Å². The molecule has 0 N–H and O–H groups in total. The van der Waals surface area contributed by atoms with Crippen molar-refractivity contribution in [3.05, 3.63) is 83.0 Å². The molecule has 0 heteroatoms. The summed E-state index contributed by atoms with van der Waals surface area (Å²) in [6.45, 7) is 8.00. The quantitative estimate of drug-likeness (QED) is 0.495. The van der Waals surface area contributed by atoms with Crippen molar-refractivity contribution < 1.29 is 0 Å². The van der Waals surface area contributed by atoms with Gasteiger partial charge in [-0.15, -0.1) is 0 Å². The first-order chi connectivity index (χ1) is 12.9. The number of hydrogen-bond acceptors (Lipinski definition) is 0.